The zero-order valence-corrected chi connectivity index (χ0v) is 15.9. The quantitative estimate of drug-likeness (QED) is 0.564. The van der Waals surface area contributed by atoms with E-state index in [4.69, 9.17) is 0 Å². The minimum Gasteiger partial charge on any atom is -0.352 e. The number of nitrogens with one attached hydrogen (secondary N) is 3. The van der Waals surface area contributed by atoms with E-state index in [1.807, 2.05) is 6.07 Å². The van der Waals surface area contributed by atoms with Gasteiger partial charge in [-0.2, -0.15) is 0 Å². The van der Waals surface area contributed by atoms with Crippen LogP contribution in [0.25, 0.3) is 0 Å². The fourth-order valence-corrected chi connectivity index (χ4v) is 3.07. The smallest absolute Gasteiger partial charge is 0.251 e. The van der Waals surface area contributed by atoms with Crippen molar-refractivity contribution in [1.82, 2.24) is 15.4 Å². The first-order valence-electron chi connectivity index (χ1n) is 8.55. The van der Waals surface area contributed by atoms with Gasteiger partial charge in [0.05, 0.1) is 4.90 Å². The molecule has 0 radical (unpaired) electrons. The van der Waals surface area contributed by atoms with E-state index in [1.54, 1.807) is 36.4 Å². The van der Waals surface area contributed by atoms with Gasteiger partial charge in [-0.25, -0.2) is 13.1 Å². The average molecular weight is 389 g/mol. The molecule has 3 N–H and O–H groups in total. The van der Waals surface area contributed by atoms with Crippen LogP contribution in [0, 0.1) is 0 Å². The third-order valence-electron chi connectivity index (χ3n) is 3.89. The molecule has 2 aromatic carbocycles. The maximum Gasteiger partial charge on any atom is 0.251 e. The Kier molecular flexibility index (Phi) is 7.51. The highest BCUT2D eigenvalue weighted by atomic mass is 32.2. The molecule has 27 heavy (non-hydrogen) atoms. The Balaban J connectivity index is 1.68. The van der Waals surface area contributed by atoms with Crippen LogP contribution in [0.2, 0.25) is 0 Å². The lowest BCUT2D eigenvalue weighted by molar-refractivity contribution is -0.121. The molecule has 8 heteroatoms. The SMILES string of the molecule is CNS(=O)(=O)c1ccc(CNC(=O)CCCNC(=O)c2ccccc2)cc1. The second kappa shape index (κ2) is 9.84. The second-order valence-electron chi connectivity index (χ2n) is 5.85. The zero-order chi connectivity index (χ0) is 19.7. The number of hydrogen-bond acceptors (Lipinski definition) is 4. The maximum atomic E-state index is 11.9. The van der Waals surface area contributed by atoms with Crippen LogP contribution in [-0.2, 0) is 21.4 Å². The Morgan fingerprint density at radius 1 is 0.926 bits per heavy atom. The molecule has 0 aromatic heterocycles. The van der Waals surface area contributed by atoms with Crippen LogP contribution in [0.5, 0.6) is 0 Å². The van der Waals surface area contributed by atoms with Crippen LogP contribution < -0.4 is 15.4 Å². The number of sulfonamides is 1. The number of carbonyl (C=O) groups is 2. The van der Waals surface area contributed by atoms with Gasteiger partial charge in [0, 0.05) is 25.1 Å². The van der Waals surface area contributed by atoms with E-state index < -0.39 is 10.0 Å². The minimum absolute atomic E-state index is 0.129. The number of amides is 2. The molecule has 0 spiro atoms. The first-order valence-corrected chi connectivity index (χ1v) is 10.0. The van der Waals surface area contributed by atoms with Crippen LogP contribution >= 0.6 is 0 Å². The van der Waals surface area contributed by atoms with Crippen molar-refractivity contribution in [2.24, 2.45) is 0 Å². The number of rotatable bonds is 9. The molecule has 2 amide bonds. The van der Waals surface area contributed by atoms with Gasteiger partial charge >= 0.3 is 0 Å². The van der Waals surface area contributed by atoms with Gasteiger partial charge in [0.15, 0.2) is 0 Å². The van der Waals surface area contributed by atoms with Gasteiger partial charge in [-0.15, -0.1) is 0 Å². The van der Waals surface area contributed by atoms with E-state index in [0.717, 1.165) is 5.56 Å². The molecule has 0 aliphatic rings. The Hall–Kier alpha value is -2.71. The lowest BCUT2D eigenvalue weighted by Crippen LogP contribution is -2.27. The highest BCUT2D eigenvalue weighted by Crippen LogP contribution is 2.10. The topological polar surface area (TPSA) is 104 Å². The Morgan fingerprint density at radius 2 is 1.59 bits per heavy atom. The van der Waals surface area contributed by atoms with Crippen molar-refractivity contribution < 1.29 is 18.0 Å². The van der Waals surface area contributed by atoms with Crippen molar-refractivity contribution in [2.75, 3.05) is 13.6 Å². The molecule has 0 heterocycles. The van der Waals surface area contributed by atoms with Crippen LogP contribution in [0.4, 0.5) is 0 Å². The molecule has 0 bridgehead atoms. The van der Waals surface area contributed by atoms with Gasteiger partial charge in [-0.1, -0.05) is 30.3 Å². The Morgan fingerprint density at radius 3 is 2.22 bits per heavy atom. The number of carbonyl (C=O) groups excluding carboxylic acids is 2. The summed E-state index contributed by atoms with van der Waals surface area (Å²) in [5, 5.41) is 5.55. The first kappa shape index (κ1) is 20.6. The molecule has 2 rings (SSSR count). The van der Waals surface area contributed by atoms with E-state index in [9.17, 15) is 18.0 Å². The summed E-state index contributed by atoms with van der Waals surface area (Å²) in [5.41, 5.74) is 1.39. The van der Waals surface area contributed by atoms with Gasteiger partial charge in [0.2, 0.25) is 15.9 Å². The van der Waals surface area contributed by atoms with Crippen molar-refractivity contribution in [3.05, 3.63) is 65.7 Å². The molecule has 7 nitrogen and oxygen atoms in total. The maximum absolute atomic E-state index is 11.9. The van der Waals surface area contributed by atoms with Gasteiger partial charge in [0.25, 0.3) is 5.91 Å². The van der Waals surface area contributed by atoms with Crippen LogP contribution in [0.3, 0.4) is 0 Å². The normalized spacial score (nSPS) is 11.0. The molecule has 144 valence electrons. The summed E-state index contributed by atoms with van der Waals surface area (Å²) in [5.74, 6) is -0.288. The number of hydrogen-bond donors (Lipinski definition) is 3. The predicted octanol–water partition coefficient (Wildman–Crippen LogP) is 1.42. The third kappa shape index (κ3) is 6.50. The summed E-state index contributed by atoms with van der Waals surface area (Å²) in [6, 6.07) is 15.2. The molecule has 0 saturated heterocycles. The van der Waals surface area contributed by atoms with Gasteiger partial charge < -0.3 is 10.6 Å². The summed E-state index contributed by atoms with van der Waals surface area (Å²) < 4.78 is 25.6. The van der Waals surface area contributed by atoms with Crippen LogP contribution in [0.15, 0.2) is 59.5 Å². The molecular formula is C19H23N3O4S. The van der Waals surface area contributed by atoms with E-state index in [0.29, 0.717) is 31.5 Å². The standard InChI is InChI=1S/C19H23N3O4S/c1-20-27(25,26)17-11-9-15(10-12-17)14-22-18(23)8-5-13-21-19(24)16-6-3-2-4-7-16/h2-4,6-7,9-12,20H,5,8,13-14H2,1H3,(H,21,24)(H,22,23). The van der Waals surface area contributed by atoms with Crippen molar-refractivity contribution in [3.8, 4) is 0 Å². The van der Waals surface area contributed by atoms with Crippen molar-refractivity contribution in [1.29, 1.82) is 0 Å². The first-order chi connectivity index (χ1) is 12.9. The van der Waals surface area contributed by atoms with Crippen molar-refractivity contribution in [3.63, 3.8) is 0 Å². The average Bonchev–Trinajstić information content (AvgIpc) is 2.70. The fourth-order valence-electron chi connectivity index (χ4n) is 2.34. The van der Waals surface area contributed by atoms with Crippen molar-refractivity contribution in [2.45, 2.75) is 24.3 Å². The molecule has 0 atom stereocenters. The van der Waals surface area contributed by atoms with E-state index in [2.05, 4.69) is 15.4 Å². The molecule has 0 fully saturated rings. The summed E-state index contributed by atoms with van der Waals surface area (Å²) in [6.07, 6.45) is 0.824. The van der Waals surface area contributed by atoms with E-state index in [-0.39, 0.29) is 16.7 Å². The largest absolute Gasteiger partial charge is 0.352 e. The second-order valence-corrected chi connectivity index (χ2v) is 7.74. The van der Waals surface area contributed by atoms with Crippen LogP contribution in [-0.4, -0.2) is 33.8 Å². The highest BCUT2D eigenvalue weighted by Gasteiger charge is 2.10. The number of benzene rings is 2. The Labute approximate surface area is 159 Å². The molecule has 0 aliphatic carbocycles. The highest BCUT2D eigenvalue weighted by molar-refractivity contribution is 7.89. The molecule has 0 saturated carbocycles. The lowest BCUT2D eigenvalue weighted by atomic mass is 10.2. The summed E-state index contributed by atoms with van der Waals surface area (Å²) in [7, 11) is -2.11. The van der Waals surface area contributed by atoms with E-state index >= 15 is 0 Å². The summed E-state index contributed by atoms with van der Waals surface area (Å²) in [6.45, 7) is 0.729. The molecule has 0 aliphatic heterocycles. The lowest BCUT2D eigenvalue weighted by Gasteiger charge is -2.08. The summed E-state index contributed by atoms with van der Waals surface area (Å²) in [4.78, 5) is 23.9. The molecule has 2 aromatic rings. The zero-order valence-electron chi connectivity index (χ0n) is 15.1. The third-order valence-corrected chi connectivity index (χ3v) is 5.32. The fraction of sp³-hybridized carbons (Fsp3) is 0.263. The monoisotopic (exact) mass is 389 g/mol. The minimum atomic E-state index is -3.46. The van der Waals surface area contributed by atoms with Gasteiger partial charge in [-0.3, -0.25) is 9.59 Å². The van der Waals surface area contributed by atoms with Gasteiger partial charge in [-0.05, 0) is 43.3 Å². The van der Waals surface area contributed by atoms with E-state index in [1.165, 1.54) is 19.2 Å². The van der Waals surface area contributed by atoms with Gasteiger partial charge in [0.1, 0.15) is 0 Å². The van der Waals surface area contributed by atoms with Crippen molar-refractivity contribution >= 4 is 21.8 Å². The molecular weight excluding hydrogens is 366 g/mol. The molecule has 0 unspecified atom stereocenters. The van der Waals surface area contributed by atoms with Crippen LogP contribution in [0.1, 0.15) is 28.8 Å². The summed E-state index contributed by atoms with van der Waals surface area (Å²) >= 11 is 0. The predicted molar refractivity (Wildman–Crippen MR) is 103 cm³/mol. The Bertz CT molecular complexity index is 866.